The number of allylic oxidation sites excluding steroid dienone is 1. The lowest BCUT2D eigenvalue weighted by Gasteiger charge is -2.48. The van der Waals surface area contributed by atoms with Crippen molar-refractivity contribution in [2.24, 2.45) is 0 Å². The summed E-state index contributed by atoms with van der Waals surface area (Å²) in [6.45, 7) is 0. The first-order valence-electron chi connectivity index (χ1n) is 5.27. The fraction of sp³-hybridized carbons (Fsp3) is 0.300. The molecule has 2 unspecified atom stereocenters. The van der Waals surface area contributed by atoms with Gasteiger partial charge in [-0.1, -0.05) is 0 Å². The van der Waals surface area contributed by atoms with Crippen LogP contribution in [-0.4, -0.2) is 50.0 Å². The third-order valence-corrected chi connectivity index (χ3v) is 4.96. The van der Waals surface area contributed by atoms with Crippen LogP contribution in [0.4, 0.5) is 0 Å². The molecule has 0 bridgehead atoms. The standard InChI is InChI=1S/C10H8Br2N2O5S/c11-5(12)1-4-2-20(19)9-6(13-3-15)8(16)14(9)7(4)10(17)18/h1,3,6,9H,2H2,(H,13,15)(H,17,18)/t6?,9-,20?/m0/s1. The molecule has 0 spiro atoms. The van der Waals surface area contributed by atoms with E-state index in [0.717, 1.165) is 4.90 Å². The summed E-state index contributed by atoms with van der Waals surface area (Å²) < 4.78 is 12.6. The minimum Gasteiger partial charge on any atom is -0.614 e. The fourth-order valence-electron chi connectivity index (χ4n) is 2.14. The molecule has 0 aliphatic carbocycles. The highest BCUT2D eigenvalue weighted by molar-refractivity contribution is 9.28. The molecule has 2 heterocycles. The van der Waals surface area contributed by atoms with Gasteiger partial charge in [-0.15, -0.1) is 0 Å². The van der Waals surface area contributed by atoms with Crippen LogP contribution in [0, 0.1) is 0 Å². The number of carbonyl (C=O) groups is 3. The fourth-order valence-corrected chi connectivity index (χ4v) is 4.33. The monoisotopic (exact) mass is 426 g/mol. The van der Waals surface area contributed by atoms with Crippen LogP contribution in [0.1, 0.15) is 0 Å². The van der Waals surface area contributed by atoms with Gasteiger partial charge < -0.3 is 15.0 Å². The highest BCUT2D eigenvalue weighted by atomic mass is 79.9. The van der Waals surface area contributed by atoms with Gasteiger partial charge in [0.15, 0.2) is 6.04 Å². The normalized spacial score (nSPS) is 28.4. The molecule has 7 nitrogen and oxygen atoms in total. The second-order valence-corrected chi connectivity index (χ2v) is 8.31. The highest BCUT2D eigenvalue weighted by Crippen LogP contribution is 2.37. The van der Waals surface area contributed by atoms with Crippen molar-refractivity contribution in [3.63, 3.8) is 0 Å². The van der Waals surface area contributed by atoms with Gasteiger partial charge >= 0.3 is 5.97 Å². The Kier molecular flexibility index (Phi) is 4.57. The van der Waals surface area contributed by atoms with Crippen molar-refractivity contribution in [2.45, 2.75) is 11.4 Å². The molecule has 1 saturated heterocycles. The number of nitrogens with one attached hydrogen (secondary N) is 1. The third-order valence-electron chi connectivity index (χ3n) is 2.89. The first kappa shape index (κ1) is 15.5. The quantitative estimate of drug-likeness (QED) is 0.373. The van der Waals surface area contributed by atoms with Crippen LogP contribution >= 0.6 is 31.9 Å². The minimum absolute atomic E-state index is 0.00613. The lowest BCUT2D eigenvalue weighted by molar-refractivity contribution is -0.150. The number of fused-ring (bicyclic) bond motifs is 1. The van der Waals surface area contributed by atoms with Crippen molar-refractivity contribution in [2.75, 3.05) is 5.75 Å². The first-order chi connectivity index (χ1) is 9.38. The molecule has 0 saturated carbocycles. The third kappa shape index (κ3) is 2.52. The van der Waals surface area contributed by atoms with E-state index in [2.05, 4.69) is 37.2 Å². The molecule has 0 aromatic heterocycles. The van der Waals surface area contributed by atoms with Crippen LogP contribution in [0.25, 0.3) is 0 Å². The van der Waals surface area contributed by atoms with E-state index in [9.17, 15) is 24.0 Å². The Morgan fingerprint density at radius 1 is 1.55 bits per heavy atom. The number of carboxylic acids is 1. The predicted octanol–water partition coefficient (Wildman–Crippen LogP) is 0.00150. The van der Waals surface area contributed by atoms with Crippen LogP contribution in [0.5, 0.6) is 0 Å². The molecule has 1 fully saturated rings. The topological polar surface area (TPSA) is 110 Å². The number of halogens is 2. The smallest absolute Gasteiger partial charge is 0.353 e. The van der Waals surface area contributed by atoms with Crippen molar-refractivity contribution < 1.29 is 24.0 Å². The maximum atomic E-state index is 12.1. The van der Waals surface area contributed by atoms with E-state index in [0.29, 0.717) is 9.80 Å². The van der Waals surface area contributed by atoms with E-state index in [1.807, 2.05) is 0 Å². The average Bonchev–Trinajstić information content (AvgIpc) is 2.34. The van der Waals surface area contributed by atoms with Gasteiger partial charge in [-0.05, 0) is 49.1 Å². The molecule has 108 valence electrons. The van der Waals surface area contributed by atoms with Gasteiger partial charge in [0, 0.05) is 5.57 Å². The van der Waals surface area contributed by atoms with Crippen LogP contribution in [0.3, 0.4) is 0 Å². The lowest BCUT2D eigenvalue weighted by Crippen LogP contribution is -2.74. The second kappa shape index (κ2) is 5.88. The number of β-lactam (4-membered cyclic amide) rings is 1. The molecular formula is C10H8Br2N2O5S. The maximum absolute atomic E-state index is 12.1. The summed E-state index contributed by atoms with van der Waals surface area (Å²) in [6, 6.07) is -0.930. The first-order valence-corrected chi connectivity index (χ1v) is 8.24. The summed E-state index contributed by atoms with van der Waals surface area (Å²) in [4.78, 5) is 34.7. The van der Waals surface area contributed by atoms with Crippen molar-refractivity contribution in [1.29, 1.82) is 0 Å². The Morgan fingerprint density at radius 2 is 2.20 bits per heavy atom. The summed E-state index contributed by atoms with van der Waals surface area (Å²) in [7, 11) is 0. The van der Waals surface area contributed by atoms with Crippen molar-refractivity contribution >= 4 is 61.3 Å². The lowest BCUT2D eigenvalue weighted by atomic mass is 10.0. The summed E-state index contributed by atoms with van der Waals surface area (Å²) in [5.41, 5.74) is 0.0636. The molecular weight excluding hydrogens is 420 g/mol. The average molecular weight is 428 g/mol. The van der Waals surface area contributed by atoms with Gasteiger partial charge in [0.25, 0.3) is 5.91 Å². The molecule has 0 radical (unpaired) electrons. The number of carboxylic acid groups (broad SMARTS) is 1. The summed E-state index contributed by atoms with van der Waals surface area (Å²) in [5.74, 6) is -1.87. The van der Waals surface area contributed by atoms with Crippen molar-refractivity contribution in [3.8, 4) is 0 Å². The molecule has 10 heteroatoms. The maximum Gasteiger partial charge on any atom is 0.353 e. The number of amides is 2. The Bertz CT molecular complexity index is 546. The number of nitrogens with zero attached hydrogens (tertiary/aromatic N) is 1. The number of hydrogen-bond donors (Lipinski definition) is 2. The van der Waals surface area contributed by atoms with Gasteiger partial charge in [0.1, 0.15) is 11.4 Å². The van der Waals surface area contributed by atoms with E-state index in [1.54, 1.807) is 0 Å². The molecule has 2 aliphatic heterocycles. The number of carbonyl (C=O) groups excluding carboxylic acids is 2. The van der Waals surface area contributed by atoms with Crippen molar-refractivity contribution in [3.05, 3.63) is 20.7 Å². The van der Waals surface area contributed by atoms with Crippen LogP contribution in [0.15, 0.2) is 20.7 Å². The molecule has 3 atom stereocenters. The van der Waals surface area contributed by atoms with Gasteiger partial charge in [0.2, 0.25) is 11.8 Å². The Balaban J connectivity index is 2.44. The summed E-state index contributed by atoms with van der Waals surface area (Å²) in [5, 5.41) is 10.7. The van der Waals surface area contributed by atoms with E-state index >= 15 is 0 Å². The molecule has 2 N–H and O–H groups in total. The summed E-state index contributed by atoms with van der Waals surface area (Å²) >= 11 is 4.71. The molecule has 20 heavy (non-hydrogen) atoms. The Labute approximate surface area is 133 Å². The van der Waals surface area contributed by atoms with E-state index in [-0.39, 0.29) is 17.0 Å². The zero-order valence-electron chi connectivity index (χ0n) is 9.71. The second-order valence-electron chi connectivity index (χ2n) is 4.00. The van der Waals surface area contributed by atoms with Crippen LogP contribution < -0.4 is 5.32 Å². The van der Waals surface area contributed by atoms with Crippen LogP contribution in [0.2, 0.25) is 0 Å². The summed E-state index contributed by atoms with van der Waals surface area (Å²) in [6.07, 6.45) is 1.79. The Hall–Kier alpha value is -0.840. The Morgan fingerprint density at radius 3 is 2.70 bits per heavy atom. The van der Waals surface area contributed by atoms with Gasteiger partial charge in [-0.3, -0.25) is 14.5 Å². The van der Waals surface area contributed by atoms with Crippen molar-refractivity contribution in [1.82, 2.24) is 10.2 Å². The number of hydrogen-bond acceptors (Lipinski definition) is 4. The molecule has 2 amide bonds. The van der Waals surface area contributed by atoms with Gasteiger partial charge in [-0.25, -0.2) is 4.79 Å². The highest BCUT2D eigenvalue weighted by Gasteiger charge is 2.60. The largest absolute Gasteiger partial charge is 0.614 e. The molecule has 2 rings (SSSR count). The van der Waals surface area contributed by atoms with Crippen LogP contribution in [-0.2, 0) is 25.6 Å². The van der Waals surface area contributed by atoms with Gasteiger partial charge in [0.05, 0.1) is 3.39 Å². The molecule has 0 aromatic carbocycles. The zero-order chi connectivity index (χ0) is 15.0. The van der Waals surface area contributed by atoms with E-state index in [1.165, 1.54) is 6.08 Å². The van der Waals surface area contributed by atoms with E-state index in [4.69, 9.17) is 0 Å². The number of rotatable bonds is 4. The SMILES string of the molecule is O=CNC1C(=O)N2C(C(=O)O)=C(C=C(Br)Br)C[S+]([O-])[C@@H]12. The number of aliphatic carboxylic acids is 1. The van der Waals surface area contributed by atoms with E-state index < -0.39 is 34.5 Å². The van der Waals surface area contributed by atoms with Gasteiger partial charge in [-0.2, -0.15) is 0 Å². The molecule has 0 aromatic rings. The minimum atomic E-state index is -1.49. The molecule has 2 aliphatic rings. The predicted molar refractivity (Wildman–Crippen MR) is 77.2 cm³/mol. The zero-order valence-corrected chi connectivity index (χ0v) is 13.7.